The molecule has 0 unspecified atom stereocenters. The van der Waals surface area contributed by atoms with Gasteiger partial charge < -0.3 is 4.42 Å². The predicted molar refractivity (Wildman–Crippen MR) is 37.6 cm³/mol. The minimum atomic E-state index is 0.341. The molecule has 2 heterocycles. The van der Waals surface area contributed by atoms with Crippen molar-refractivity contribution >= 4 is 12.1 Å². The number of carbonyl (C=O) groups excluding carboxylic acids is 1. The molecule has 0 aliphatic heterocycles. The second-order valence-electron chi connectivity index (χ2n) is 2.25. The summed E-state index contributed by atoms with van der Waals surface area (Å²) in [6, 6.07) is 0. The van der Waals surface area contributed by atoms with Crippen molar-refractivity contribution in [3.8, 4) is 0 Å². The van der Waals surface area contributed by atoms with Gasteiger partial charge in [0.25, 0.3) is 0 Å². The third-order valence-corrected chi connectivity index (χ3v) is 1.63. The summed E-state index contributed by atoms with van der Waals surface area (Å²) < 4.78 is 6.80. The molecule has 4 heteroatoms. The number of aldehydes is 1. The molecule has 0 aliphatic rings. The molecule has 0 aliphatic carbocycles. The number of aryl methyl sites for hydroxylation is 1. The summed E-state index contributed by atoms with van der Waals surface area (Å²) in [4.78, 5) is 14.2. The van der Waals surface area contributed by atoms with E-state index in [9.17, 15) is 4.79 Å². The lowest BCUT2D eigenvalue weighted by atomic mass is 10.4. The fourth-order valence-corrected chi connectivity index (χ4v) is 1.02. The standard InChI is InChI=1S/C7H6N2O2/c1-5-6(4-10)11-7-8-2-3-9(5)7/h2-4H,1H3. The van der Waals surface area contributed by atoms with Crippen LogP contribution in [-0.2, 0) is 0 Å². The maximum Gasteiger partial charge on any atom is 0.306 e. The maximum absolute atomic E-state index is 10.4. The molecule has 11 heavy (non-hydrogen) atoms. The van der Waals surface area contributed by atoms with Gasteiger partial charge in [-0.1, -0.05) is 0 Å². The van der Waals surface area contributed by atoms with Gasteiger partial charge in [0.15, 0.2) is 12.0 Å². The molecule has 0 radical (unpaired) electrons. The Hall–Kier alpha value is -1.58. The van der Waals surface area contributed by atoms with Crippen LogP contribution in [0, 0.1) is 6.92 Å². The first-order valence-corrected chi connectivity index (χ1v) is 3.20. The number of oxazole rings is 1. The minimum Gasteiger partial charge on any atom is -0.420 e. The molecule has 2 aromatic rings. The highest BCUT2D eigenvalue weighted by Crippen LogP contribution is 2.11. The number of nitrogens with zero attached hydrogens (tertiary/aromatic N) is 2. The van der Waals surface area contributed by atoms with Crippen LogP contribution in [-0.4, -0.2) is 15.7 Å². The van der Waals surface area contributed by atoms with Gasteiger partial charge in [0.1, 0.15) is 0 Å². The average Bonchev–Trinajstić information content (AvgIpc) is 2.53. The van der Waals surface area contributed by atoms with Gasteiger partial charge in [0.2, 0.25) is 0 Å². The third-order valence-electron chi connectivity index (χ3n) is 1.63. The fraction of sp³-hybridized carbons (Fsp3) is 0.143. The van der Waals surface area contributed by atoms with Crippen LogP contribution in [0.1, 0.15) is 16.2 Å². The van der Waals surface area contributed by atoms with Gasteiger partial charge in [-0.15, -0.1) is 0 Å². The summed E-state index contributed by atoms with van der Waals surface area (Å²) in [5, 5.41) is 0. The van der Waals surface area contributed by atoms with Crippen molar-refractivity contribution in [3.63, 3.8) is 0 Å². The highest BCUT2D eigenvalue weighted by Gasteiger charge is 2.08. The summed E-state index contributed by atoms with van der Waals surface area (Å²) in [5.74, 6) is 0.803. The van der Waals surface area contributed by atoms with Gasteiger partial charge in [-0.2, -0.15) is 0 Å². The largest absolute Gasteiger partial charge is 0.420 e. The lowest BCUT2D eigenvalue weighted by molar-refractivity contribution is 0.110. The zero-order valence-corrected chi connectivity index (χ0v) is 5.94. The van der Waals surface area contributed by atoms with Crippen molar-refractivity contribution in [3.05, 3.63) is 23.8 Å². The summed E-state index contributed by atoms with van der Waals surface area (Å²) in [6.07, 6.45) is 4.06. The number of carbonyl (C=O) groups is 1. The highest BCUT2D eigenvalue weighted by atomic mass is 16.4. The van der Waals surface area contributed by atoms with Gasteiger partial charge in [-0.25, -0.2) is 4.98 Å². The maximum atomic E-state index is 10.4. The first kappa shape index (κ1) is 6.15. The van der Waals surface area contributed by atoms with Crippen LogP contribution >= 0.6 is 0 Å². The topological polar surface area (TPSA) is 47.5 Å². The first-order chi connectivity index (χ1) is 5.33. The van der Waals surface area contributed by atoms with Crippen LogP contribution in [0.15, 0.2) is 16.8 Å². The van der Waals surface area contributed by atoms with Crippen LogP contribution in [0.25, 0.3) is 5.84 Å². The van der Waals surface area contributed by atoms with Crippen LogP contribution < -0.4 is 0 Å². The van der Waals surface area contributed by atoms with E-state index in [1.165, 1.54) is 0 Å². The van der Waals surface area contributed by atoms with Crippen molar-refractivity contribution in [2.75, 3.05) is 0 Å². The van der Waals surface area contributed by atoms with E-state index in [-0.39, 0.29) is 0 Å². The minimum absolute atomic E-state index is 0.341. The highest BCUT2D eigenvalue weighted by molar-refractivity contribution is 5.73. The van der Waals surface area contributed by atoms with Crippen molar-refractivity contribution in [1.29, 1.82) is 0 Å². The van der Waals surface area contributed by atoms with E-state index in [0.29, 0.717) is 17.9 Å². The molecule has 0 bridgehead atoms. The monoisotopic (exact) mass is 150 g/mol. The molecule has 2 rings (SSSR count). The summed E-state index contributed by atoms with van der Waals surface area (Å²) in [5.41, 5.74) is 0.785. The van der Waals surface area contributed by atoms with E-state index in [2.05, 4.69) is 4.98 Å². The number of rotatable bonds is 1. The molecule has 0 fully saturated rings. The molecule has 2 aromatic heterocycles. The molecular formula is C7H6N2O2. The number of imidazole rings is 1. The summed E-state index contributed by atoms with van der Waals surface area (Å²) in [6.45, 7) is 1.81. The molecule has 0 aromatic carbocycles. The van der Waals surface area contributed by atoms with E-state index < -0.39 is 0 Å². The normalized spacial score (nSPS) is 10.6. The summed E-state index contributed by atoms with van der Waals surface area (Å²) >= 11 is 0. The smallest absolute Gasteiger partial charge is 0.306 e. The second-order valence-corrected chi connectivity index (χ2v) is 2.25. The molecular weight excluding hydrogens is 144 g/mol. The van der Waals surface area contributed by atoms with E-state index in [1.54, 1.807) is 16.8 Å². The molecule has 0 saturated heterocycles. The van der Waals surface area contributed by atoms with Crippen molar-refractivity contribution < 1.29 is 9.21 Å². The van der Waals surface area contributed by atoms with Crippen LogP contribution in [0.5, 0.6) is 0 Å². The molecule has 0 atom stereocenters. The van der Waals surface area contributed by atoms with Crippen LogP contribution in [0.4, 0.5) is 0 Å². The number of fused-ring (bicyclic) bond motifs is 1. The lowest BCUT2D eigenvalue weighted by Gasteiger charge is -1.83. The van der Waals surface area contributed by atoms with Gasteiger partial charge in [-0.3, -0.25) is 9.20 Å². The van der Waals surface area contributed by atoms with E-state index in [4.69, 9.17) is 4.42 Å². The number of hydrogen-bond donors (Lipinski definition) is 0. The Morgan fingerprint density at radius 2 is 2.55 bits per heavy atom. The van der Waals surface area contributed by atoms with Gasteiger partial charge in [0.05, 0.1) is 5.69 Å². The quantitative estimate of drug-likeness (QED) is 0.571. The Kier molecular flexibility index (Phi) is 1.09. The molecule has 0 amide bonds. The Balaban J connectivity index is 2.86. The van der Waals surface area contributed by atoms with Gasteiger partial charge in [-0.05, 0) is 6.92 Å². The van der Waals surface area contributed by atoms with Gasteiger partial charge in [0, 0.05) is 12.4 Å². The van der Waals surface area contributed by atoms with Crippen LogP contribution in [0.2, 0.25) is 0 Å². The number of aromatic nitrogens is 2. The zero-order valence-electron chi connectivity index (χ0n) is 5.94. The Morgan fingerprint density at radius 3 is 3.18 bits per heavy atom. The SMILES string of the molecule is Cc1c(C=O)oc2nccn12. The van der Waals surface area contributed by atoms with Gasteiger partial charge >= 0.3 is 5.84 Å². The molecule has 56 valence electrons. The molecule has 0 saturated carbocycles. The number of hydrogen-bond acceptors (Lipinski definition) is 3. The summed E-state index contributed by atoms with van der Waals surface area (Å²) in [7, 11) is 0. The average molecular weight is 150 g/mol. The zero-order chi connectivity index (χ0) is 7.84. The molecule has 4 nitrogen and oxygen atoms in total. The van der Waals surface area contributed by atoms with Crippen LogP contribution in [0.3, 0.4) is 0 Å². The Bertz CT molecular complexity index is 399. The van der Waals surface area contributed by atoms with Crippen molar-refractivity contribution in [1.82, 2.24) is 9.38 Å². The third kappa shape index (κ3) is 0.690. The Morgan fingerprint density at radius 1 is 1.73 bits per heavy atom. The van der Waals surface area contributed by atoms with E-state index in [0.717, 1.165) is 5.69 Å². The first-order valence-electron chi connectivity index (χ1n) is 3.20. The second kappa shape index (κ2) is 1.95. The van der Waals surface area contributed by atoms with Crippen molar-refractivity contribution in [2.45, 2.75) is 6.92 Å². The van der Waals surface area contributed by atoms with E-state index >= 15 is 0 Å². The lowest BCUT2D eigenvalue weighted by Crippen LogP contribution is -1.83. The van der Waals surface area contributed by atoms with Crippen molar-refractivity contribution in [2.24, 2.45) is 0 Å². The molecule has 0 N–H and O–H groups in total. The van der Waals surface area contributed by atoms with E-state index in [1.807, 2.05) is 6.92 Å². The Labute approximate surface area is 62.5 Å². The predicted octanol–water partition coefficient (Wildman–Crippen LogP) is 1.05. The fourth-order valence-electron chi connectivity index (χ4n) is 1.02. The molecule has 0 spiro atoms.